The van der Waals surface area contributed by atoms with Gasteiger partial charge in [-0.2, -0.15) is 0 Å². The van der Waals surface area contributed by atoms with Gasteiger partial charge in [-0.15, -0.1) is 0 Å². The summed E-state index contributed by atoms with van der Waals surface area (Å²) < 4.78 is 10.5. The van der Waals surface area contributed by atoms with E-state index in [1.165, 1.54) is 0 Å². The molecule has 1 unspecified atom stereocenters. The highest BCUT2D eigenvalue weighted by Crippen LogP contribution is 2.19. The maximum absolute atomic E-state index is 9.18. The van der Waals surface area contributed by atoms with Gasteiger partial charge >= 0.3 is 0 Å². The van der Waals surface area contributed by atoms with Crippen LogP contribution in [0.15, 0.2) is 6.07 Å². The molecule has 2 N–H and O–H groups in total. The monoisotopic (exact) mass is 268 g/mol. The highest BCUT2D eigenvalue weighted by molar-refractivity contribution is 5.49. The Labute approximate surface area is 112 Å². The number of hydrogen-bond acceptors (Lipinski definition) is 7. The van der Waals surface area contributed by atoms with Crippen LogP contribution in [0.5, 0.6) is 0 Å². The predicted molar refractivity (Wildman–Crippen MR) is 71.3 cm³/mol. The molecule has 1 atom stereocenters. The van der Waals surface area contributed by atoms with Crippen LogP contribution in [-0.2, 0) is 16.1 Å². The molecular weight excluding hydrogens is 248 g/mol. The minimum Gasteiger partial charge on any atom is -0.394 e. The summed E-state index contributed by atoms with van der Waals surface area (Å²) in [5, 5.41) is 12.2. The first-order chi connectivity index (χ1) is 9.26. The second-order valence-electron chi connectivity index (χ2n) is 4.33. The maximum atomic E-state index is 9.18. The third kappa shape index (κ3) is 3.52. The van der Waals surface area contributed by atoms with Gasteiger partial charge in [0.2, 0.25) is 0 Å². The van der Waals surface area contributed by atoms with Gasteiger partial charge in [-0.1, -0.05) is 0 Å². The first kappa shape index (κ1) is 14.0. The predicted octanol–water partition coefficient (Wildman–Crippen LogP) is -0.138. The van der Waals surface area contributed by atoms with Crippen LogP contribution in [0.4, 0.5) is 11.6 Å². The Balaban J connectivity index is 2.19. The summed E-state index contributed by atoms with van der Waals surface area (Å²) in [4.78, 5) is 10.9. The fourth-order valence-corrected chi connectivity index (χ4v) is 2.00. The molecule has 1 aromatic rings. The highest BCUT2D eigenvalue weighted by Gasteiger charge is 2.21. The number of morpholine rings is 1. The average Bonchev–Trinajstić information content (AvgIpc) is 2.47. The van der Waals surface area contributed by atoms with Crippen LogP contribution in [0.25, 0.3) is 0 Å². The summed E-state index contributed by atoms with van der Waals surface area (Å²) in [5.74, 6) is 2.22. The summed E-state index contributed by atoms with van der Waals surface area (Å²) in [6, 6.07) is 1.89. The van der Waals surface area contributed by atoms with E-state index >= 15 is 0 Å². The first-order valence-corrected chi connectivity index (χ1v) is 6.29. The molecule has 2 rings (SSSR count). The lowest BCUT2D eigenvalue weighted by molar-refractivity contribution is 0.00333. The highest BCUT2D eigenvalue weighted by atomic mass is 16.5. The van der Waals surface area contributed by atoms with Crippen molar-refractivity contribution in [2.75, 3.05) is 50.7 Å². The topological polar surface area (TPSA) is 79.7 Å². The number of nitrogens with zero attached hydrogens (tertiary/aromatic N) is 3. The minimum atomic E-state index is -0.160. The van der Waals surface area contributed by atoms with Gasteiger partial charge in [0.25, 0.3) is 0 Å². The van der Waals surface area contributed by atoms with Crippen molar-refractivity contribution in [2.45, 2.75) is 12.7 Å². The van der Waals surface area contributed by atoms with E-state index in [4.69, 9.17) is 9.47 Å². The Bertz CT molecular complexity index is 416. The number of ether oxygens (including phenoxy) is 2. The van der Waals surface area contributed by atoms with Gasteiger partial charge in [-0.05, 0) is 0 Å². The van der Waals surface area contributed by atoms with E-state index in [0.29, 0.717) is 25.6 Å². The molecule has 1 fully saturated rings. The summed E-state index contributed by atoms with van der Waals surface area (Å²) in [6.07, 6.45) is -0.160. The molecule has 0 radical (unpaired) electrons. The molecule has 19 heavy (non-hydrogen) atoms. The lowest BCUT2D eigenvalue weighted by atomic mass is 10.3. The molecule has 0 spiro atoms. The normalized spacial score (nSPS) is 19.5. The lowest BCUT2D eigenvalue weighted by Crippen LogP contribution is -2.44. The molecule has 1 aliphatic heterocycles. The number of rotatable bonds is 5. The molecule has 7 heteroatoms. The van der Waals surface area contributed by atoms with Crippen molar-refractivity contribution in [1.29, 1.82) is 0 Å². The summed E-state index contributed by atoms with van der Waals surface area (Å²) in [7, 11) is 3.43. The second kappa shape index (κ2) is 6.65. The van der Waals surface area contributed by atoms with Gasteiger partial charge in [0.15, 0.2) is 5.82 Å². The Morgan fingerprint density at radius 2 is 2.42 bits per heavy atom. The van der Waals surface area contributed by atoms with Crippen LogP contribution in [0.3, 0.4) is 0 Å². The molecule has 0 amide bonds. The molecule has 0 aromatic carbocycles. The van der Waals surface area contributed by atoms with Crippen molar-refractivity contribution in [3.8, 4) is 0 Å². The Kier molecular flexibility index (Phi) is 4.89. The zero-order valence-corrected chi connectivity index (χ0v) is 11.3. The number of methoxy groups -OCH3 is 1. The summed E-state index contributed by atoms with van der Waals surface area (Å²) in [5.41, 5.74) is 0. The van der Waals surface area contributed by atoms with E-state index in [-0.39, 0.29) is 12.7 Å². The molecule has 0 aliphatic carbocycles. The Hall–Kier alpha value is -1.44. The molecule has 2 heterocycles. The molecule has 1 saturated heterocycles. The Morgan fingerprint density at radius 3 is 3.11 bits per heavy atom. The standard InChI is InChI=1S/C12H20N4O3/c1-13-10-5-12(15-11(14-10)8-18-2)16-3-4-19-9(6-16)7-17/h5,9,17H,3-4,6-8H2,1-2H3,(H,13,14,15). The van der Waals surface area contributed by atoms with Gasteiger partial charge in [0.1, 0.15) is 18.2 Å². The minimum absolute atomic E-state index is 0.0192. The molecular formula is C12H20N4O3. The molecule has 1 aromatic heterocycles. The fourth-order valence-electron chi connectivity index (χ4n) is 2.00. The van der Waals surface area contributed by atoms with Gasteiger partial charge in [0, 0.05) is 33.3 Å². The zero-order chi connectivity index (χ0) is 13.7. The van der Waals surface area contributed by atoms with Crippen molar-refractivity contribution in [3.63, 3.8) is 0 Å². The first-order valence-electron chi connectivity index (χ1n) is 6.29. The molecule has 1 aliphatic rings. The van der Waals surface area contributed by atoms with E-state index in [1.54, 1.807) is 7.11 Å². The molecule has 0 bridgehead atoms. The van der Waals surface area contributed by atoms with E-state index in [0.717, 1.165) is 18.2 Å². The molecule has 0 saturated carbocycles. The number of nitrogens with one attached hydrogen (secondary N) is 1. The van der Waals surface area contributed by atoms with Crippen LogP contribution >= 0.6 is 0 Å². The smallest absolute Gasteiger partial charge is 0.158 e. The van der Waals surface area contributed by atoms with E-state index in [9.17, 15) is 5.11 Å². The van der Waals surface area contributed by atoms with Crippen molar-refractivity contribution in [2.24, 2.45) is 0 Å². The third-order valence-corrected chi connectivity index (χ3v) is 2.95. The average molecular weight is 268 g/mol. The van der Waals surface area contributed by atoms with Gasteiger partial charge in [0.05, 0.1) is 19.3 Å². The quantitative estimate of drug-likeness (QED) is 0.769. The summed E-state index contributed by atoms with van der Waals surface area (Å²) in [6.45, 7) is 2.36. The van der Waals surface area contributed by atoms with Crippen molar-refractivity contribution >= 4 is 11.6 Å². The zero-order valence-electron chi connectivity index (χ0n) is 11.3. The van der Waals surface area contributed by atoms with Crippen molar-refractivity contribution < 1.29 is 14.6 Å². The molecule has 106 valence electrons. The number of aliphatic hydroxyl groups is 1. The van der Waals surface area contributed by atoms with Crippen LogP contribution < -0.4 is 10.2 Å². The van der Waals surface area contributed by atoms with Crippen LogP contribution in [-0.4, -0.2) is 61.6 Å². The van der Waals surface area contributed by atoms with Gasteiger partial charge < -0.3 is 24.8 Å². The number of aliphatic hydroxyl groups excluding tert-OH is 1. The number of anilines is 2. The van der Waals surface area contributed by atoms with Crippen molar-refractivity contribution in [3.05, 3.63) is 11.9 Å². The number of hydrogen-bond donors (Lipinski definition) is 2. The fraction of sp³-hybridized carbons (Fsp3) is 0.667. The maximum Gasteiger partial charge on any atom is 0.158 e. The van der Waals surface area contributed by atoms with Crippen LogP contribution in [0.1, 0.15) is 5.82 Å². The molecule has 7 nitrogen and oxygen atoms in total. The largest absolute Gasteiger partial charge is 0.394 e. The second-order valence-corrected chi connectivity index (χ2v) is 4.33. The van der Waals surface area contributed by atoms with Crippen LogP contribution in [0.2, 0.25) is 0 Å². The van der Waals surface area contributed by atoms with E-state index in [1.807, 2.05) is 13.1 Å². The van der Waals surface area contributed by atoms with Crippen molar-refractivity contribution in [1.82, 2.24) is 9.97 Å². The van der Waals surface area contributed by atoms with E-state index < -0.39 is 0 Å². The van der Waals surface area contributed by atoms with Gasteiger partial charge in [-0.25, -0.2) is 9.97 Å². The SMILES string of the molecule is CNc1cc(N2CCOC(CO)C2)nc(COC)n1. The number of aromatic nitrogens is 2. The summed E-state index contributed by atoms with van der Waals surface area (Å²) >= 11 is 0. The lowest BCUT2D eigenvalue weighted by Gasteiger charge is -2.33. The van der Waals surface area contributed by atoms with Crippen LogP contribution in [0, 0.1) is 0 Å². The Morgan fingerprint density at radius 1 is 1.58 bits per heavy atom. The third-order valence-electron chi connectivity index (χ3n) is 2.95. The van der Waals surface area contributed by atoms with Gasteiger partial charge in [-0.3, -0.25) is 0 Å². The van der Waals surface area contributed by atoms with E-state index in [2.05, 4.69) is 20.2 Å².